The van der Waals surface area contributed by atoms with Gasteiger partial charge in [-0.15, -0.1) is 15.3 Å². The minimum Gasteiger partial charge on any atom is -0.507 e. The Balaban J connectivity index is 1.26. The lowest BCUT2D eigenvalue weighted by Crippen LogP contribution is -2.57. The summed E-state index contributed by atoms with van der Waals surface area (Å²) in [4.78, 5) is 10.4. The zero-order valence-electron chi connectivity index (χ0n) is 17.7. The smallest absolute Gasteiger partial charge is 0.252 e. The Labute approximate surface area is 189 Å². The molecule has 11 heteroatoms. The van der Waals surface area contributed by atoms with Crippen LogP contribution in [0.4, 0.5) is 10.2 Å². The van der Waals surface area contributed by atoms with Crippen LogP contribution in [0.2, 0.25) is 0 Å². The molecule has 10 nitrogen and oxygen atoms in total. The van der Waals surface area contributed by atoms with E-state index in [-0.39, 0.29) is 35.5 Å². The Bertz CT molecular complexity index is 1220. The van der Waals surface area contributed by atoms with Gasteiger partial charge in [0.25, 0.3) is 5.82 Å². The Morgan fingerprint density at radius 1 is 1.18 bits per heavy atom. The highest BCUT2D eigenvalue weighted by Gasteiger charge is 2.48. The fourth-order valence-corrected chi connectivity index (χ4v) is 5.03. The summed E-state index contributed by atoms with van der Waals surface area (Å²) in [6.07, 6.45) is 6.78. The molecule has 3 aromatic rings. The van der Waals surface area contributed by atoms with Crippen molar-refractivity contribution in [3.05, 3.63) is 36.5 Å². The third-order valence-electron chi connectivity index (χ3n) is 6.74. The van der Waals surface area contributed by atoms with Crippen LogP contribution in [0, 0.1) is 11.3 Å². The lowest BCUT2D eigenvalue weighted by atomic mass is 9.96. The van der Waals surface area contributed by atoms with Crippen LogP contribution < -0.4 is 10.2 Å². The number of phenols is 1. The first-order valence-corrected chi connectivity index (χ1v) is 11.1. The van der Waals surface area contributed by atoms with Crippen LogP contribution in [0.15, 0.2) is 30.7 Å². The second kappa shape index (κ2) is 7.74. The molecule has 1 saturated carbocycles. The minimum absolute atomic E-state index is 0.0409. The van der Waals surface area contributed by atoms with E-state index in [9.17, 15) is 5.11 Å². The van der Waals surface area contributed by atoms with Gasteiger partial charge in [0.2, 0.25) is 0 Å². The number of benzene rings is 1. The maximum atomic E-state index is 15.2. The second-order valence-corrected chi connectivity index (χ2v) is 8.90. The fraction of sp³-hybridized carbons (Fsp3) is 0.455. The van der Waals surface area contributed by atoms with Crippen LogP contribution in [-0.2, 0) is 0 Å². The minimum atomic E-state index is -0.944. The van der Waals surface area contributed by atoms with E-state index in [1.165, 1.54) is 17.1 Å². The van der Waals surface area contributed by atoms with Crippen LogP contribution in [-0.4, -0.2) is 65.4 Å². The molecule has 2 aliphatic heterocycles. The molecule has 2 bridgehead atoms. The van der Waals surface area contributed by atoms with Crippen molar-refractivity contribution in [3.8, 4) is 28.9 Å². The van der Waals surface area contributed by atoms with Crippen molar-refractivity contribution in [1.29, 1.82) is 5.26 Å². The number of hydrogen-bond donors (Lipinski definition) is 2. The highest BCUT2D eigenvalue weighted by atomic mass is 19.1. The van der Waals surface area contributed by atoms with Crippen LogP contribution in [0.5, 0.6) is 5.75 Å². The highest BCUT2D eigenvalue weighted by molar-refractivity contribution is 5.66. The van der Waals surface area contributed by atoms with E-state index >= 15 is 4.39 Å². The van der Waals surface area contributed by atoms with Crippen LogP contribution in [0.25, 0.3) is 17.1 Å². The Kier molecular flexibility index (Phi) is 4.69. The molecule has 6 rings (SSSR count). The first-order valence-electron chi connectivity index (χ1n) is 11.1. The van der Waals surface area contributed by atoms with Crippen LogP contribution >= 0.6 is 0 Å². The third kappa shape index (κ3) is 3.56. The lowest BCUT2D eigenvalue weighted by Gasteiger charge is -2.40. The monoisotopic (exact) mass is 447 g/mol. The van der Waals surface area contributed by atoms with Gasteiger partial charge in [-0.2, -0.15) is 5.26 Å². The summed E-state index contributed by atoms with van der Waals surface area (Å²) < 4.78 is 16.6. The number of nitriles is 1. The summed E-state index contributed by atoms with van der Waals surface area (Å²) >= 11 is 0. The van der Waals surface area contributed by atoms with Gasteiger partial charge in [-0.25, -0.2) is 19.0 Å². The predicted molar refractivity (Wildman–Crippen MR) is 115 cm³/mol. The van der Waals surface area contributed by atoms with Crippen molar-refractivity contribution >= 4 is 5.82 Å². The first-order chi connectivity index (χ1) is 16.1. The molecular formula is C22H22FN9O. The Morgan fingerprint density at radius 3 is 2.76 bits per heavy atom. The van der Waals surface area contributed by atoms with E-state index < -0.39 is 6.17 Å². The largest absolute Gasteiger partial charge is 0.507 e. The molecule has 4 atom stereocenters. The van der Waals surface area contributed by atoms with E-state index in [4.69, 9.17) is 5.26 Å². The summed E-state index contributed by atoms with van der Waals surface area (Å²) in [5.74, 6) is 0.850. The molecular weight excluding hydrogens is 425 g/mol. The number of aromatic nitrogens is 6. The number of rotatable bonds is 5. The molecule has 1 aliphatic carbocycles. The van der Waals surface area contributed by atoms with E-state index in [0.717, 1.165) is 32.1 Å². The number of phenolic OH excluding ortho intramolecular Hbond substituents is 1. The van der Waals surface area contributed by atoms with Gasteiger partial charge in [-0.1, -0.05) is 0 Å². The van der Waals surface area contributed by atoms with E-state index in [1.54, 1.807) is 18.3 Å². The van der Waals surface area contributed by atoms with Gasteiger partial charge in [0.05, 0.1) is 23.5 Å². The van der Waals surface area contributed by atoms with Gasteiger partial charge >= 0.3 is 0 Å². The second-order valence-electron chi connectivity index (χ2n) is 8.90. The van der Waals surface area contributed by atoms with Gasteiger partial charge in [-0.05, 0) is 44.2 Å². The van der Waals surface area contributed by atoms with Crippen molar-refractivity contribution in [2.45, 2.75) is 62.4 Å². The molecule has 0 unspecified atom stereocenters. The number of piperidine rings is 1. The molecule has 2 saturated heterocycles. The van der Waals surface area contributed by atoms with E-state index in [1.807, 2.05) is 6.07 Å². The summed E-state index contributed by atoms with van der Waals surface area (Å²) in [6, 6.07) is 7.08. The molecule has 33 heavy (non-hydrogen) atoms. The molecule has 4 heterocycles. The summed E-state index contributed by atoms with van der Waals surface area (Å²) in [7, 11) is 0. The molecule has 3 fully saturated rings. The molecule has 2 aromatic heterocycles. The maximum Gasteiger partial charge on any atom is 0.252 e. The van der Waals surface area contributed by atoms with Crippen molar-refractivity contribution in [1.82, 2.24) is 35.3 Å². The molecule has 2 N–H and O–H groups in total. The van der Waals surface area contributed by atoms with Gasteiger partial charge in [-0.3, -0.25) is 0 Å². The molecule has 0 radical (unpaired) electrons. The maximum absolute atomic E-state index is 15.2. The fourth-order valence-electron chi connectivity index (χ4n) is 5.03. The number of aromatic hydroxyl groups is 1. The van der Waals surface area contributed by atoms with Crippen LogP contribution in [0.1, 0.15) is 37.9 Å². The van der Waals surface area contributed by atoms with E-state index in [2.05, 4.69) is 35.5 Å². The standard InChI is InChI=1S/C22H22FN9O/c23-21-16-6-1-12(27-16)7-17(21)32(13-2-3-13)20-10-25-22(29-28-20)15-5-4-14(8-18(15)33)31-11-26-19(9-24)30-31/h4-5,8,10-13,16-17,21,27,33H,1-3,6-7H2/t12-,16+,17+,21-/m1/s1. The highest BCUT2D eigenvalue weighted by Crippen LogP contribution is 2.40. The van der Waals surface area contributed by atoms with Crippen molar-refractivity contribution in [2.75, 3.05) is 4.90 Å². The topological polar surface area (TPSA) is 129 Å². The average Bonchev–Trinajstić information content (AvgIpc) is 3.39. The lowest BCUT2D eigenvalue weighted by molar-refractivity contribution is 0.171. The first kappa shape index (κ1) is 20.0. The Hall–Kier alpha value is -3.65. The van der Waals surface area contributed by atoms with Gasteiger partial charge < -0.3 is 15.3 Å². The number of nitrogens with zero attached hydrogens (tertiary/aromatic N) is 8. The third-order valence-corrected chi connectivity index (χ3v) is 6.74. The molecule has 0 amide bonds. The van der Waals surface area contributed by atoms with Crippen molar-refractivity contribution in [3.63, 3.8) is 0 Å². The quantitative estimate of drug-likeness (QED) is 0.602. The molecule has 1 aromatic carbocycles. The zero-order chi connectivity index (χ0) is 22.5. The summed E-state index contributed by atoms with van der Waals surface area (Å²) in [6.45, 7) is 0. The van der Waals surface area contributed by atoms with Gasteiger partial charge in [0.1, 0.15) is 24.3 Å². The van der Waals surface area contributed by atoms with Crippen LogP contribution in [0.3, 0.4) is 0 Å². The Morgan fingerprint density at radius 2 is 2.06 bits per heavy atom. The average molecular weight is 447 g/mol. The molecule has 0 spiro atoms. The number of hydrogen-bond acceptors (Lipinski definition) is 9. The number of anilines is 1. The molecule has 3 aliphatic rings. The van der Waals surface area contributed by atoms with Gasteiger partial charge in [0.15, 0.2) is 11.6 Å². The summed E-state index contributed by atoms with van der Waals surface area (Å²) in [5, 5.41) is 35.5. The normalized spacial score (nSPS) is 26.2. The summed E-state index contributed by atoms with van der Waals surface area (Å²) in [5.41, 5.74) is 0.962. The predicted octanol–water partition coefficient (Wildman–Crippen LogP) is 1.90. The number of nitrogens with one attached hydrogen (secondary N) is 1. The van der Waals surface area contributed by atoms with Crippen molar-refractivity contribution in [2.24, 2.45) is 0 Å². The van der Waals surface area contributed by atoms with Crippen molar-refractivity contribution < 1.29 is 9.50 Å². The number of halogens is 1. The van der Waals surface area contributed by atoms with Gasteiger partial charge in [0, 0.05) is 24.2 Å². The number of fused-ring (bicyclic) bond motifs is 2. The SMILES string of the molecule is N#Cc1ncn(-c2ccc(-c3ncc(N(C4CC4)[C@H]4C[C@H]5CC[C@H](N5)[C@H]4F)nn3)c(O)c2)n1. The molecule has 168 valence electrons. The zero-order valence-corrected chi connectivity index (χ0v) is 17.7. The number of alkyl halides is 1. The van der Waals surface area contributed by atoms with E-state index in [0.29, 0.717) is 23.1 Å².